The summed E-state index contributed by atoms with van der Waals surface area (Å²) in [4.78, 5) is 39.4. The summed E-state index contributed by atoms with van der Waals surface area (Å²) in [6, 6.07) is 0. The molecule has 0 aromatic carbocycles. The molecule has 56 heavy (non-hydrogen) atoms. The van der Waals surface area contributed by atoms with Gasteiger partial charge in [0.1, 0.15) is 6.10 Å². The number of carbonyl (C=O) groups is 3. The van der Waals surface area contributed by atoms with Crippen molar-refractivity contribution in [3.05, 3.63) is 0 Å². The molecular weight excluding hydrogens is 699 g/mol. The number of ether oxygens (including phenoxy) is 3. The Morgan fingerprint density at radius 1 is 0.411 bits per heavy atom. The third-order valence-corrected chi connectivity index (χ3v) is 11.4. The summed E-state index contributed by atoms with van der Waals surface area (Å²) in [7, 11) is 4.09. The predicted octanol–water partition coefficient (Wildman–Crippen LogP) is 14.1. The van der Waals surface area contributed by atoms with Crippen LogP contribution < -0.4 is 0 Å². The predicted molar refractivity (Wildman–Crippen MR) is 237 cm³/mol. The Morgan fingerprint density at radius 3 is 1.09 bits per heavy atom. The second-order valence-electron chi connectivity index (χ2n) is 17.4. The molecule has 0 aromatic rings. The average Bonchev–Trinajstić information content (AvgIpc) is 3.17. The number of hydrogen-bond acceptors (Lipinski definition) is 7. The lowest BCUT2D eigenvalue weighted by Crippen LogP contribution is -2.20. The Balaban J connectivity index is 4.14. The number of carbonyl (C=O) groups excluding carboxylic acids is 3. The van der Waals surface area contributed by atoms with E-state index < -0.39 is 0 Å². The number of esters is 3. The molecule has 0 aliphatic rings. The van der Waals surface area contributed by atoms with Crippen molar-refractivity contribution in [3.8, 4) is 0 Å². The summed E-state index contributed by atoms with van der Waals surface area (Å²) >= 11 is 0. The standard InChI is InChI=1S/C49H95NO6/c1-7-11-32-44(33-12-8-2)42-48(52)54-40-29-25-21-17-15-19-23-27-36-46(56-47(51)38-31-39-50(5)6)37-28-24-20-16-18-22-26-30-41-55-49(53)43-45(34-13-9-3)35-14-10-4/h44-46H,7-43H2,1-6H3. The van der Waals surface area contributed by atoms with E-state index in [0.29, 0.717) is 44.3 Å². The van der Waals surface area contributed by atoms with Crippen LogP contribution >= 0.6 is 0 Å². The van der Waals surface area contributed by atoms with Crippen LogP contribution in [0.5, 0.6) is 0 Å². The van der Waals surface area contributed by atoms with Gasteiger partial charge in [-0.2, -0.15) is 0 Å². The van der Waals surface area contributed by atoms with Gasteiger partial charge in [0.05, 0.1) is 13.2 Å². The number of nitrogens with zero attached hydrogens (tertiary/aromatic N) is 1. The van der Waals surface area contributed by atoms with Crippen LogP contribution in [0.2, 0.25) is 0 Å². The van der Waals surface area contributed by atoms with E-state index in [9.17, 15) is 14.4 Å². The highest BCUT2D eigenvalue weighted by molar-refractivity contribution is 5.70. The van der Waals surface area contributed by atoms with Gasteiger partial charge in [-0.1, -0.05) is 156 Å². The molecule has 0 aliphatic heterocycles. The van der Waals surface area contributed by atoms with Crippen molar-refractivity contribution in [3.63, 3.8) is 0 Å². The molecule has 7 nitrogen and oxygen atoms in total. The Bertz CT molecular complexity index is 807. The van der Waals surface area contributed by atoms with Crippen LogP contribution in [0, 0.1) is 11.8 Å². The van der Waals surface area contributed by atoms with Crippen LogP contribution in [0.4, 0.5) is 0 Å². The third kappa shape index (κ3) is 37.9. The summed E-state index contributed by atoms with van der Waals surface area (Å²) in [5.74, 6) is 0.961. The summed E-state index contributed by atoms with van der Waals surface area (Å²) in [6.07, 6.45) is 37.4. The monoisotopic (exact) mass is 794 g/mol. The molecule has 332 valence electrons. The molecule has 0 unspecified atom stereocenters. The topological polar surface area (TPSA) is 82.1 Å². The summed E-state index contributed by atoms with van der Waals surface area (Å²) < 4.78 is 17.2. The van der Waals surface area contributed by atoms with E-state index in [1.54, 1.807) is 0 Å². The maximum Gasteiger partial charge on any atom is 0.306 e. The second-order valence-corrected chi connectivity index (χ2v) is 17.4. The van der Waals surface area contributed by atoms with E-state index in [0.717, 1.165) is 90.0 Å². The van der Waals surface area contributed by atoms with Gasteiger partial charge in [0.15, 0.2) is 0 Å². The molecule has 0 bridgehead atoms. The maximum atomic E-state index is 12.6. The quantitative estimate of drug-likeness (QED) is 0.0345. The summed E-state index contributed by atoms with van der Waals surface area (Å²) in [6.45, 7) is 10.9. The van der Waals surface area contributed by atoms with Crippen LogP contribution in [0.1, 0.15) is 246 Å². The lowest BCUT2D eigenvalue weighted by Gasteiger charge is -2.18. The van der Waals surface area contributed by atoms with Crippen LogP contribution in [-0.2, 0) is 28.6 Å². The highest BCUT2D eigenvalue weighted by Crippen LogP contribution is 2.23. The summed E-state index contributed by atoms with van der Waals surface area (Å²) in [5, 5.41) is 0. The Morgan fingerprint density at radius 2 is 0.750 bits per heavy atom. The molecule has 0 rings (SSSR count). The number of hydrogen-bond donors (Lipinski definition) is 0. The van der Waals surface area contributed by atoms with E-state index in [2.05, 4.69) is 32.6 Å². The molecule has 0 amide bonds. The van der Waals surface area contributed by atoms with Gasteiger partial charge < -0.3 is 19.1 Å². The third-order valence-electron chi connectivity index (χ3n) is 11.4. The first-order chi connectivity index (χ1) is 27.2. The van der Waals surface area contributed by atoms with Crippen LogP contribution in [0.3, 0.4) is 0 Å². The van der Waals surface area contributed by atoms with Gasteiger partial charge in [0, 0.05) is 19.3 Å². The fraction of sp³-hybridized carbons (Fsp3) is 0.939. The SMILES string of the molecule is CCCCC(CCCC)CC(=O)OCCCCCCCCCCC(CCCCCCCCCCOC(=O)CC(CCCC)CCCC)OC(=O)CCCN(C)C. The molecule has 7 heteroatoms. The fourth-order valence-corrected chi connectivity index (χ4v) is 7.75. The van der Waals surface area contributed by atoms with Crippen LogP contribution in [-0.4, -0.2) is 62.8 Å². The molecule has 0 spiro atoms. The minimum atomic E-state index is -0.0335. The van der Waals surface area contributed by atoms with Crippen molar-refractivity contribution in [2.24, 2.45) is 11.8 Å². The highest BCUT2D eigenvalue weighted by atomic mass is 16.5. The van der Waals surface area contributed by atoms with Crippen molar-refractivity contribution in [1.29, 1.82) is 0 Å². The molecular formula is C49H95NO6. The zero-order chi connectivity index (χ0) is 41.3. The average molecular weight is 794 g/mol. The molecule has 0 saturated carbocycles. The molecule has 0 radical (unpaired) electrons. The summed E-state index contributed by atoms with van der Waals surface area (Å²) in [5.41, 5.74) is 0. The minimum Gasteiger partial charge on any atom is -0.466 e. The van der Waals surface area contributed by atoms with Gasteiger partial charge in [0.2, 0.25) is 0 Å². The van der Waals surface area contributed by atoms with Gasteiger partial charge in [-0.3, -0.25) is 14.4 Å². The first-order valence-corrected chi connectivity index (χ1v) is 24.4. The Labute approximate surface area is 348 Å². The van der Waals surface area contributed by atoms with Gasteiger partial charge in [-0.15, -0.1) is 0 Å². The largest absolute Gasteiger partial charge is 0.466 e. The Kier molecular flexibility index (Phi) is 40.3. The van der Waals surface area contributed by atoms with Crippen LogP contribution in [0.15, 0.2) is 0 Å². The number of rotatable bonds is 43. The van der Waals surface area contributed by atoms with Crippen molar-refractivity contribution in [2.45, 2.75) is 252 Å². The smallest absolute Gasteiger partial charge is 0.306 e. The van der Waals surface area contributed by atoms with Gasteiger partial charge in [0.25, 0.3) is 0 Å². The fourth-order valence-electron chi connectivity index (χ4n) is 7.75. The molecule has 0 heterocycles. The zero-order valence-electron chi connectivity index (χ0n) is 38.3. The van der Waals surface area contributed by atoms with Crippen molar-refractivity contribution in [2.75, 3.05) is 33.9 Å². The second kappa shape index (κ2) is 41.5. The highest BCUT2D eigenvalue weighted by Gasteiger charge is 2.17. The molecule has 0 aliphatic carbocycles. The van der Waals surface area contributed by atoms with Crippen molar-refractivity contribution in [1.82, 2.24) is 4.90 Å². The van der Waals surface area contributed by atoms with Crippen molar-refractivity contribution >= 4 is 17.9 Å². The maximum absolute atomic E-state index is 12.6. The molecule has 0 N–H and O–H groups in total. The minimum absolute atomic E-state index is 0.00234. The first-order valence-electron chi connectivity index (χ1n) is 24.4. The lowest BCUT2D eigenvalue weighted by atomic mass is 9.93. The van der Waals surface area contributed by atoms with Crippen LogP contribution in [0.25, 0.3) is 0 Å². The lowest BCUT2D eigenvalue weighted by molar-refractivity contribution is -0.150. The van der Waals surface area contributed by atoms with Gasteiger partial charge in [-0.05, 0) is 103 Å². The van der Waals surface area contributed by atoms with E-state index in [-0.39, 0.29) is 24.0 Å². The Hall–Kier alpha value is -1.63. The van der Waals surface area contributed by atoms with Gasteiger partial charge in [-0.25, -0.2) is 0 Å². The van der Waals surface area contributed by atoms with E-state index in [1.807, 2.05) is 14.1 Å². The molecule has 0 fully saturated rings. The van der Waals surface area contributed by atoms with E-state index in [1.165, 1.54) is 116 Å². The van der Waals surface area contributed by atoms with E-state index in [4.69, 9.17) is 14.2 Å². The molecule has 0 aromatic heterocycles. The zero-order valence-corrected chi connectivity index (χ0v) is 38.3. The van der Waals surface area contributed by atoms with Gasteiger partial charge >= 0.3 is 17.9 Å². The molecule has 0 saturated heterocycles. The van der Waals surface area contributed by atoms with Crippen molar-refractivity contribution < 1.29 is 28.6 Å². The first kappa shape index (κ1) is 54.4. The normalized spacial score (nSPS) is 11.7. The molecule has 0 atom stereocenters. The number of unbranched alkanes of at least 4 members (excludes halogenated alkanes) is 18. The van der Waals surface area contributed by atoms with E-state index >= 15 is 0 Å².